The Morgan fingerprint density at radius 2 is 2.40 bits per heavy atom. The first-order valence-electron chi connectivity index (χ1n) is 2.67. The van der Waals surface area contributed by atoms with Crippen LogP contribution in [0, 0.1) is 6.07 Å². The maximum absolute atomic E-state index is 4.84. The van der Waals surface area contributed by atoms with Gasteiger partial charge in [0.25, 0.3) is 0 Å². The molecule has 2 nitrogen and oxygen atoms in total. The Morgan fingerprint density at radius 3 is 3.20 bits per heavy atom. The van der Waals surface area contributed by atoms with Crippen LogP contribution < -0.4 is 0 Å². The molecule has 0 bridgehead atoms. The van der Waals surface area contributed by atoms with Crippen LogP contribution in [0.25, 0.3) is 11.0 Å². The van der Waals surface area contributed by atoms with Gasteiger partial charge < -0.3 is 4.52 Å². The summed E-state index contributed by atoms with van der Waals surface area (Å²) in [5.74, 6) is 0. The molecule has 1 aromatic carbocycles. The van der Waals surface area contributed by atoms with Gasteiger partial charge in [0.15, 0.2) is 0 Å². The molecule has 0 saturated carbocycles. The monoisotopic (exact) mass is 207 g/mol. The van der Waals surface area contributed by atoms with Crippen molar-refractivity contribution in [1.82, 2.24) is 5.16 Å². The van der Waals surface area contributed by atoms with Gasteiger partial charge in [0.05, 0.1) is 11.8 Å². The fraction of sp³-hybridized carbons (Fsp3) is 0. The van der Waals surface area contributed by atoms with Crippen LogP contribution in [0.15, 0.2) is 28.9 Å². The van der Waals surface area contributed by atoms with Gasteiger partial charge in [-0.05, 0) is 0 Å². The minimum absolute atomic E-state index is 0. The van der Waals surface area contributed by atoms with Crippen molar-refractivity contribution in [3.05, 3.63) is 30.5 Å². The molecule has 0 fully saturated rings. The first-order valence-corrected chi connectivity index (χ1v) is 2.67. The maximum Gasteiger partial charge on any atom is 0.0538 e. The molecule has 1 radical (unpaired) electrons. The van der Waals surface area contributed by atoms with Crippen LogP contribution in [0.4, 0.5) is 0 Å². The number of rotatable bonds is 0. The Hall–Kier alpha value is -0.206. The molecule has 3 heteroatoms. The molecular weight excluding hydrogens is 203 g/mol. The van der Waals surface area contributed by atoms with Crippen LogP contribution in [0.3, 0.4) is 0 Å². The maximum atomic E-state index is 4.84. The van der Waals surface area contributed by atoms with E-state index < -0.39 is 0 Å². The largest absolute Gasteiger partial charge is 0.419 e. The molecule has 1 aromatic heterocycles. The summed E-state index contributed by atoms with van der Waals surface area (Å²) < 4.78 is 4.84. The summed E-state index contributed by atoms with van der Waals surface area (Å²) in [5, 5.41) is 4.63. The fourth-order valence-electron chi connectivity index (χ4n) is 0.753. The van der Waals surface area contributed by atoms with E-state index in [0.29, 0.717) is 0 Å². The third-order valence-corrected chi connectivity index (χ3v) is 1.20. The van der Waals surface area contributed by atoms with E-state index in [2.05, 4.69) is 11.2 Å². The molecule has 0 aliphatic carbocycles. The van der Waals surface area contributed by atoms with Crippen molar-refractivity contribution in [2.75, 3.05) is 0 Å². The SMILES string of the molecule is [Y].[c-]1ccc2cnoc2c1. The summed E-state index contributed by atoms with van der Waals surface area (Å²) >= 11 is 0. The molecule has 2 aromatic rings. The molecule has 0 aliphatic rings. The minimum atomic E-state index is 0. The van der Waals surface area contributed by atoms with E-state index in [9.17, 15) is 0 Å². The first kappa shape index (κ1) is 7.90. The first-order chi connectivity index (χ1) is 4.47. The number of benzene rings is 1. The van der Waals surface area contributed by atoms with Crippen LogP contribution >= 0.6 is 0 Å². The fourth-order valence-corrected chi connectivity index (χ4v) is 0.753. The topological polar surface area (TPSA) is 26.0 Å². The Kier molecular flexibility index (Phi) is 2.58. The van der Waals surface area contributed by atoms with Gasteiger partial charge in [-0.15, -0.1) is 11.2 Å². The van der Waals surface area contributed by atoms with E-state index in [1.165, 1.54) is 0 Å². The van der Waals surface area contributed by atoms with Gasteiger partial charge in [-0.25, -0.2) is 0 Å². The second kappa shape index (κ2) is 3.26. The van der Waals surface area contributed by atoms with E-state index in [4.69, 9.17) is 4.52 Å². The third kappa shape index (κ3) is 1.28. The van der Waals surface area contributed by atoms with Gasteiger partial charge in [-0.2, -0.15) is 18.2 Å². The van der Waals surface area contributed by atoms with Gasteiger partial charge in [-0.3, -0.25) is 0 Å². The van der Waals surface area contributed by atoms with Crippen LogP contribution in [0.1, 0.15) is 0 Å². The van der Waals surface area contributed by atoms with Gasteiger partial charge in [0.1, 0.15) is 0 Å². The summed E-state index contributed by atoms with van der Waals surface area (Å²) in [6.07, 6.45) is 1.68. The van der Waals surface area contributed by atoms with Crippen LogP contribution in [0.2, 0.25) is 0 Å². The molecule has 2 rings (SSSR count). The molecule has 0 saturated heterocycles. The molecular formula is C7H4NOY-. The second-order valence-corrected chi connectivity index (χ2v) is 1.79. The zero-order valence-corrected chi connectivity index (χ0v) is 8.08. The zero-order valence-electron chi connectivity index (χ0n) is 5.24. The van der Waals surface area contributed by atoms with Crippen molar-refractivity contribution in [1.29, 1.82) is 0 Å². The van der Waals surface area contributed by atoms with E-state index in [1.54, 1.807) is 12.3 Å². The van der Waals surface area contributed by atoms with Crippen molar-refractivity contribution < 1.29 is 37.2 Å². The average Bonchev–Trinajstić information content (AvgIpc) is 2.33. The molecule has 0 aliphatic heterocycles. The van der Waals surface area contributed by atoms with Gasteiger partial charge in [-0.1, -0.05) is 5.39 Å². The number of hydrogen-bond donors (Lipinski definition) is 0. The van der Waals surface area contributed by atoms with Crippen LogP contribution in [0.5, 0.6) is 0 Å². The van der Waals surface area contributed by atoms with E-state index in [-0.39, 0.29) is 32.7 Å². The number of nitrogens with zero attached hydrogens (tertiary/aromatic N) is 1. The summed E-state index contributed by atoms with van der Waals surface area (Å²) in [6, 6.07) is 8.40. The molecule has 10 heavy (non-hydrogen) atoms. The van der Waals surface area contributed by atoms with Crippen molar-refractivity contribution in [2.24, 2.45) is 0 Å². The summed E-state index contributed by atoms with van der Waals surface area (Å²) in [6.45, 7) is 0. The Labute approximate surface area is 83.5 Å². The predicted molar refractivity (Wildman–Crippen MR) is 32.8 cm³/mol. The average molecular weight is 207 g/mol. The van der Waals surface area contributed by atoms with Crippen LogP contribution in [-0.4, -0.2) is 5.16 Å². The van der Waals surface area contributed by atoms with Gasteiger partial charge >= 0.3 is 0 Å². The van der Waals surface area contributed by atoms with E-state index in [0.717, 1.165) is 11.0 Å². The van der Waals surface area contributed by atoms with Crippen LogP contribution in [-0.2, 0) is 32.7 Å². The van der Waals surface area contributed by atoms with Crippen molar-refractivity contribution in [2.45, 2.75) is 0 Å². The van der Waals surface area contributed by atoms with Crippen molar-refractivity contribution in [3.8, 4) is 0 Å². The summed E-state index contributed by atoms with van der Waals surface area (Å²) in [7, 11) is 0. The predicted octanol–water partition coefficient (Wildman–Crippen LogP) is 1.63. The molecule has 0 amide bonds. The van der Waals surface area contributed by atoms with Crippen molar-refractivity contribution in [3.63, 3.8) is 0 Å². The summed E-state index contributed by atoms with van der Waals surface area (Å²) in [5.41, 5.74) is 0.789. The normalized spacial score (nSPS) is 9.20. The van der Waals surface area contributed by atoms with E-state index >= 15 is 0 Å². The molecule has 1 heterocycles. The molecule has 0 unspecified atom stereocenters. The Bertz CT molecular complexity index is 288. The third-order valence-electron chi connectivity index (χ3n) is 1.20. The molecule has 47 valence electrons. The molecule has 0 spiro atoms. The van der Waals surface area contributed by atoms with Crippen molar-refractivity contribution >= 4 is 11.0 Å². The number of hydrogen-bond acceptors (Lipinski definition) is 2. The molecule has 0 N–H and O–H groups in total. The van der Waals surface area contributed by atoms with Gasteiger partial charge in [0, 0.05) is 32.7 Å². The summed E-state index contributed by atoms with van der Waals surface area (Å²) in [4.78, 5) is 0. The molecule has 0 atom stereocenters. The van der Waals surface area contributed by atoms with Gasteiger partial charge in [0.2, 0.25) is 0 Å². The minimum Gasteiger partial charge on any atom is -0.419 e. The second-order valence-electron chi connectivity index (χ2n) is 1.79. The Morgan fingerprint density at radius 1 is 1.50 bits per heavy atom. The standard InChI is InChI=1S/C7H4NO.Y/c1-2-4-7-6(3-1)5-8-9-7;/h1,3-5H;/q-1;. The van der Waals surface area contributed by atoms with E-state index in [1.807, 2.05) is 12.1 Å². The number of aromatic nitrogens is 1. The number of fused-ring (bicyclic) bond motifs is 1. The smallest absolute Gasteiger partial charge is 0.0538 e. The quantitative estimate of drug-likeness (QED) is 0.613. The zero-order chi connectivity index (χ0) is 6.10. The Balaban J connectivity index is 0.000000500.